The van der Waals surface area contributed by atoms with Gasteiger partial charge < -0.3 is 5.11 Å². The number of ketones is 2. The molecule has 0 bridgehead atoms. The Morgan fingerprint density at radius 2 is 1.70 bits per heavy atom. The van der Waals surface area contributed by atoms with Crippen molar-refractivity contribution in [1.82, 2.24) is 0 Å². The summed E-state index contributed by atoms with van der Waals surface area (Å²) in [6.45, 7) is 0. The molecule has 0 aromatic rings. The quantitative estimate of drug-likeness (QED) is 0.394. The second-order valence-electron chi connectivity index (χ2n) is 1.76. The molecule has 0 radical (unpaired) electrons. The molecule has 0 fully saturated rings. The van der Waals surface area contributed by atoms with Crippen LogP contribution in [0.25, 0.3) is 0 Å². The zero-order chi connectivity index (χ0) is 7.72. The lowest BCUT2D eigenvalue weighted by Crippen LogP contribution is -2.10. The number of aliphatic hydroxyl groups excluding tert-OH is 1. The second kappa shape index (κ2) is 2.30. The predicted molar refractivity (Wildman–Crippen MR) is 37.8 cm³/mol. The van der Waals surface area contributed by atoms with Gasteiger partial charge in [0.25, 0.3) is 0 Å². The average molecular weight is 156 g/mol. The SMILES string of the molecule is O=C1C=CC(=O)C(S)=C1O. The number of thiol groups is 1. The van der Waals surface area contributed by atoms with Crippen LogP contribution in [0.5, 0.6) is 0 Å². The Hall–Kier alpha value is -1.03. The molecule has 0 aromatic heterocycles. The van der Waals surface area contributed by atoms with E-state index in [-0.39, 0.29) is 4.91 Å². The lowest BCUT2D eigenvalue weighted by molar-refractivity contribution is -0.116. The molecule has 0 aromatic carbocycles. The Labute approximate surface area is 62.5 Å². The van der Waals surface area contributed by atoms with Crippen LogP contribution < -0.4 is 0 Å². The molecule has 1 aliphatic rings. The number of hydrogen-bond acceptors (Lipinski definition) is 4. The van der Waals surface area contributed by atoms with Crippen molar-refractivity contribution in [1.29, 1.82) is 0 Å². The van der Waals surface area contributed by atoms with Gasteiger partial charge in [0.1, 0.15) is 0 Å². The Bertz CT molecular complexity index is 236. The van der Waals surface area contributed by atoms with E-state index in [1.54, 1.807) is 0 Å². The summed E-state index contributed by atoms with van der Waals surface area (Å²) in [6, 6.07) is 0. The van der Waals surface area contributed by atoms with E-state index < -0.39 is 17.3 Å². The zero-order valence-corrected chi connectivity index (χ0v) is 5.76. The van der Waals surface area contributed by atoms with Gasteiger partial charge in [0.05, 0.1) is 4.91 Å². The molecular weight excluding hydrogens is 152 g/mol. The van der Waals surface area contributed by atoms with Crippen LogP contribution >= 0.6 is 12.6 Å². The number of hydrogen-bond donors (Lipinski definition) is 2. The van der Waals surface area contributed by atoms with Crippen molar-refractivity contribution >= 4 is 24.2 Å². The number of allylic oxidation sites excluding steroid dienone is 3. The van der Waals surface area contributed by atoms with Crippen LogP contribution in [-0.4, -0.2) is 16.7 Å². The molecule has 1 N–H and O–H groups in total. The highest BCUT2D eigenvalue weighted by atomic mass is 32.1. The Morgan fingerprint density at radius 1 is 1.20 bits per heavy atom. The van der Waals surface area contributed by atoms with Crippen LogP contribution in [-0.2, 0) is 9.59 Å². The third-order valence-corrected chi connectivity index (χ3v) is 1.51. The molecule has 0 aliphatic heterocycles. The molecule has 0 saturated heterocycles. The molecular formula is C6H4O3S. The van der Waals surface area contributed by atoms with Gasteiger partial charge in [-0.3, -0.25) is 9.59 Å². The zero-order valence-electron chi connectivity index (χ0n) is 4.87. The molecule has 4 heteroatoms. The lowest BCUT2D eigenvalue weighted by atomic mass is 10.1. The first-order valence-corrected chi connectivity index (χ1v) is 2.96. The third-order valence-electron chi connectivity index (χ3n) is 1.08. The van der Waals surface area contributed by atoms with Crippen LogP contribution in [0.3, 0.4) is 0 Å². The highest BCUT2D eigenvalue weighted by molar-refractivity contribution is 7.85. The molecule has 0 amide bonds. The first-order chi connectivity index (χ1) is 4.63. The number of aliphatic hydroxyl groups is 1. The van der Waals surface area contributed by atoms with Crippen molar-refractivity contribution in [3.8, 4) is 0 Å². The summed E-state index contributed by atoms with van der Waals surface area (Å²) in [5.41, 5.74) is 0. The molecule has 3 nitrogen and oxygen atoms in total. The maximum absolute atomic E-state index is 10.6. The van der Waals surface area contributed by atoms with Gasteiger partial charge in [-0.15, -0.1) is 12.6 Å². The second-order valence-corrected chi connectivity index (χ2v) is 2.21. The van der Waals surface area contributed by atoms with Crippen LogP contribution in [0.1, 0.15) is 0 Å². The summed E-state index contributed by atoms with van der Waals surface area (Å²) >= 11 is 3.62. The molecule has 0 spiro atoms. The molecule has 0 saturated carbocycles. The van der Waals surface area contributed by atoms with Crippen molar-refractivity contribution in [2.75, 3.05) is 0 Å². The fourth-order valence-electron chi connectivity index (χ4n) is 0.543. The molecule has 52 valence electrons. The van der Waals surface area contributed by atoms with E-state index in [0.29, 0.717) is 0 Å². The van der Waals surface area contributed by atoms with Gasteiger partial charge in [-0.1, -0.05) is 0 Å². The first-order valence-electron chi connectivity index (χ1n) is 2.52. The van der Waals surface area contributed by atoms with Crippen molar-refractivity contribution < 1.29 is 14.7 Å². The van der Waals surface area contributed by atoms with Crippen LogP contribution in [0.4, 0.5) is 0 Å². The number of carbonyl (C=O) groups excluding carboxylic acids is 2. The van der Waals surface area contributed by atoms with Crippen molar-refractivity contribution in [2.45, 2.75) is 0 Å². The van der Waals surface area contributed by atoms with Gasteiger partial charge in [0, 0.05) is 0 Å². The minimum absolute atomic E-state index is 0.187. The smallest absolute Gasteiger partial charge is 0.221 e. The minimum atomic E-state index is -0.579. The van der Waals surface area contributed by atoms with Gasteiger partial charge in [-0.05, 0) is 12.2 Å². The van der Waals surface area contributed by atoms with Crippen LogP contribution in [0.2, 0.25) is 0 Å². The van der Waals surface area contributed by atoms with Gasteiger partial charge in [-0.25, -0.2) is 0 Å². The third kappa shape index (κ3) is 0.974. The van der Waals surface area contributed by atoms with E-state index in [1.165, 1.54) is 0 Å². The largest absolute Gasteiger partial charge is 0.503 e. The van der Waals surface area contributed by atoms with Crippen molar-refractivity contribution in [3.63, 3.8) is 0 Å². The summed E-state index contributed by atoms with van der Waals surface area (Å²) in [5.74, 6) is -1.60. The normalized spacial score (nSPS) is 18.5. The molecule has 0 heterocycles. The maximum Gasteiger partial charge on any atom is 0.221 e. The number of rotatable bonds is 0. The first kappa shape index (κ1) is 7.08. The molecule has 1 aliphatic carbocycles. The van der Waals surface area contributed by atoms with Crippen LogP contribution in [0, 0.1) is 0 Å². The van der Waals surface area contributed by atoms with E-state index >= 15 is 0 Å². The summed E-state index contributed by atoms with van der Waals surface area (Å²) < 4.78 is 0. The topological polar surface area (TPSA) is 54.4 Å². The average Bonchev–Trinajstić information content (AvgIpc) is 1.93. The monoisotopic (exact) mass is 156 g/mol. The van der Waals surface area contributed by atoms with Crippen molar-refractivity contribution in [3.05, 3.63) is 22.8 Å². The minimum Gasteiger partial charge on any atom is -0.503 e. The summed E-state index contributed by atoms with van der Waals surface area (Å²) in [6.07, 6.45) is 2.09. The Kier molecular flexibility index (Phi) is 1.63. The highest BCUT2D eigenvalue weighted by Crippen LogP contribution is 2.14. The van der Waals surface area contributed by atoms with Gasteiger partial charge >= 0.3 is 0 Å². The summed E-state index contributed by atoms with van der Waals surface area (Å²) in [5, 5.41) is 8.80. The summed E-state index contributed by atoms with van der Waals surface area (Å²) in [7, 11) is 0. The molecule has 0 unspecified atom stereocenters. The molecule has 0 atom stereocenters. The molecule has 10 heavy (non-hydrogen) atoms. The standard InChI is InChI=1S/C6H4O3S/c7-3-1-2-4(8)6(10)5(3)9/h1-2,9-10H. The highest BCUT2D eigenvalue weighted by Gasteiger charge is 2.18. The summed E-state index contributed by atoms with van der Waals surface area (Å²) in [4.78, 5) is 21.0. The van der Waals surface area contributed by atoms with Gasteiger partial charge in [-0.2, -0.15) is 0 Å². The van der Waals surface area contributed by atoms with Gasteiger partial charge in [0.15, 0.2) is 11.5 Å². The fraction of sp³-hybridized carbons (Fsp3) is 0. The van der Waals surface area contributed by atoms with Crippen molar-refractivity contribution in [2.24, 2.45) is 0 Å². The van der Waals surface area contributed by atoms with E-state index in [9.17, 15) is 9.59 Å². The van der Waals surface area contributed by atoms with E-state index in [2.05, 4.69) is 12.6 Å². The fourth-order valence-corrected chi connectivity index (χ4v) is 0.727. The van der Waals surface area contributed by atoms with E-state index in [4.69, 9.17) is 5.11 Å². The molecule has 1 rings (SSSR count). The van der Waals surface area contributed by atoms with Gasteiger partial charge in [0.2, 0.25) is 5.78 Å². The predicted octanol–water partition coefficient (Wildman–Crippen LogP) is 0.394. The van der Waals surface area contributed by atoms with E-state index in [1.807, 2.05) is 0 Å². The Morgan fingerprint density at radius 3 is 2.20 bits per heavy atom. The number of carbonyl (C=O) groups is 2. The van der Waals surface area contributed by atoms with Crippen LogP contribution in [0.15, 0.2) is 22.8 Å². The lowest BCUT2D eigenvalue weighted by Gasteiger charge is -2.02. The maximum atomic E-state index is 10.6. The van der Waals surface area contributed by atoms with E-state index in [0.717, 1.165) is 12.2 Å². The Balaban J connectivity index is 3.12.